The van der Waals surface area contributed by atoms with Crippen LogP contribution in [-0.2, 0) is 11.2 Å². The molecule has 31 heavy (non-hydrogen) atoms. The first-order chi connectivity index (χ1) is 14.8. The van der Waals surface area contributed by atoms with Crippen molar-refractivity contribution in [3.05, 3.63) is 64.3 Å². The Bertz CT molecular complexity index is 1180. The highest BCUT2D eigenvalue weighted by Crippen LogP contribution is 2.31. The van der Waals surface area contributed by atoms with E-state index in [-0.39, 0.29) is 30.7 Å². The molecule has 1 atom stereocenters. The van der Waals surface area contributed by atoms with Gasteiger partial charge in [0.2, 0.25) is 5.91 Å². The van der Waals surface area contributed by atoms with E-state index in [0.717, 1.165) is 10.9 Å². The summed E-state index contributed by atoms with van der Waals surface area (Å²) in [6.45, 7) is 3.67. The highest BCUT2D eigenvalue weighted by Gasteiger charge is 2.24. The summed E-state index contributed by atoms with van der Waals surface area (Å²) in [6, 6.07) is 14.1. The highest BCUT2D eigenvalue weighted by molar-refractivity contribution is 6.30. The quantitative estimate of drug-likeness (QED) is 0.564. The predicted octanol–water partition coefficient (Wildman–Crippen LogP) is 4.60. The minimum absolute atomic E-state index is 0.114. The van der Waals surface area contributed by atoms with E-state index in [2.05, 4.69) is 6.07 Å². The molecule has 0 N–H and O–H groups in total. The van der Waals surface area contributed by atoms with Gasteiger partial charge >= 0.3 is 0 Å². The summed E-state index contributed by atoms with van der Waals surface area (Å²) < 4.78 is 6.99. The summed E-state index contributed by atoms with van der Waals surface area (Å²) in [5.74, 6) is 0.324. The van der Waals surface area contributed by atoms with Crippen molar-refractivity contribution in [2.45, 2.75) is 32.7 Å². The molecule has 0 bridgehead atoms. The van der Waals surface area contributed by atoms with Gasteiger partial charge in [0.15, 0.2) is 0 Å². The van der Waals surface area contributed by atoms with Crippen molar-refractivity contribution >= 4 is 34.3 Å². The number of hydrogen-bond donors (Lipinski definition) is 0. The zero-order chi connectivity index (χ0) is 22.7. The Balaban J connectivity index is 2.10. The fourth-order valence-electron chi connectivity index (χ4n) is 3.59. The summed E-state index contributed by atoms with van der Waals surface area (Å²) in [7, 11) is 3.27. The molecule has 0 aliphatic carbocycles. The maximum Gasteiger partial charge on any atom is 0.262 e. The summed E-state index contributed by atoms with van der Waals surface area (Å²) in [5.41, 5.74) is 2.65. The first kappa shape index (κ1) is 22.4. The predicted molar refractivity (Wildman–Crippen MR) is 121 cm³/mol. The average molecular weight is 438 g/mol. The van der Waals surface area contributed by atoms with Crippen molar-refractivity contribution in [2.24, 2.45) is 0 Å². The molecule has 6 nitrogen and oxygen atoms in total. The second-order valence-corrected chi connectivity index (χ2v) is 7.92. The second-order valence-electron chi connectivity index (χ2n) is 7.49. The third kappa shape index (κ3) is 4.42. The normalized spacial score (nSPS) is 11.7. The van der Waals surface area contributed by atoms with Gasteiger partial charge in [0, 0.05) is 34.8 Å². The molecular weight excluding hydrogens is 414 g/mol. The van der Waals surface area contributed by atoms with Crippen molar-refractivity contribution in [2.75, 3.05) is 14.2 Å². The molecule has 0 saturated carbocycles. The number of ether oxygens (including phenoxy) is 1. The zero-order valence-electron chi connectivity index (χ0n) is 18.0. The molecule has 3 rings (SSSR count). The summed E-state index contributed by atoms with van der Waals surface area (Å²) in [6.07, 6.45) is 0.370. The van der Waals surface area contributed by atoms with Gasteiger partial charge in [-0.3, -0.25) is 14.2 Å². The largest absolute Gasteiger partial charge is 0.497 e. The molecule has 0 aliphatic rings. The molecule has 2 aromatic carbocycles. The number of methoxy groups -OCH3 is 1. The third-order valence-corrected chi connectivity index (χ3v) is 5.86. The van der Waals surface area contributed by atoms with Crippen LogP contribution in [0.2, 0.25) is 5.02 Å². The van der Waals surface area contributed by atoms with Crippen LogP contribution in [0.4, 0.5) is 0 Å². The summed E-state index contributed by atoms with van der Waals surface area (Å²) in [4.78, 5) is 27.8. The lowest BCUT2D eigenvalue weighted by Crippen LogP contribution is -2.36. The SMILES string of the molecule is COc1ccc2c(c1)c(CC(=O)N(C)C(C)CC#N)c(C)n2C(=O)c1ccc(Cl)cc1. The number of halogens is 1. The molecule has 1 amide bonds. The summed E-state index contributed by atoms with van der Waals surface area (Å²) in [5, 5.41) is 10.3. The zero-order valence-corrected chi connectivity index (χ0v) is 18.7. The third-order valence-electron chi connectivity index (χ3n) is 5.61. The van der Waals surface area contributed by atoms with Gasteiger partial charge < -0.3 is 9.64 Å². The molecule has 3 aromatic rings. The number of carbonyl (C=O) groups is 2. The minimum Gasteiger partial charge on any atom is -0.497 e. The fourth-order valence-corrected chi connectivity index (χ4v) is 3.71. The van der Waals surface area contributed by atoms with Gasteiger partial charge in [-0.15, -0.1) is 0 Å². The number of nitriles is 1. The standard InChI is InChI=1S/C24H24ClN3O3/c1-15(11-12-26)27(3)23(29)14-20-16(2)28(22-10-9-19(31-4)13-21(20)22)24(30)17-5-7-18(25)8-6-17/h5-10,13,15H,11,14H2,1-4H3. The maximum absolute atomic E-state index is 13.3. The van der Waals surface area contributed by atoms with Crippen LogP contribution in [0.3, 0.4) is 0 Å². The number of fused-ring (bicyclic) bond motifs is 1. The Hall–Kier alpha value is -3.30. The smallest absolute Gasteiger partial charge is 0.262 e. The molecule has 0 radical (unpaired) electrons. The molecule has 7 heteroatoms. The molecule has 1 unspecified atom stereocenters. The van der Waals surface area contributed by atoms with E-state index in [4.69, 9.17) is 21.6 Å². The van der Waals surface area contributed by atoms with E-state index in [1.807, 2.05) is 26.0 Å². The fraction of sp³-hybridized carbons (Fsp3) is 0.292. The maximum atomic E-state index is 13.3. The minimum atomic E-state index is -0.200. The number of benzene rings is 2. The molecule has 0 spiro atoms. The topological polar surface area (TPSA) is 75.3 Å². The van der Waals surface area contributed by atoms with E-state index in [1.165, 1.54) is 0 Å². The Morgan fingerprint density at radius 2 is 1.90 bits per heavy atom. The van der Waals surface area contributed by atoms with Crippen LogP contribution < -0.4 is 4.74 Å². The van der Waals surface area contributed by atoms with Crippen molar-refractivity contribution in [1.82, 2.24) is 9.47 Å². The lowest BCUT2D eigenvalue weighted by Gasteiger charge is -2.23. The number of likely N-dealkylation sites (N-methyl/N-ethyl adjacent to an activating group) is 1. The molecule has 0 fully saturated rings. The van der Waals surface area contributed by atoms with Gasteiger partial charge in [-0.25, -0.2) is 0 Å². The number of aromatic nitrogens is 1. The molecule has 0 aliphatic heterocycles. The van der Waals surface area contributed by atoms with E-state index < -0.39 is 0 Å². The molecule has 1 heterocycles. The van der Waals surface area contributed by atoms with Crippen LogP contribution in [0, 0.1) is 18.3 Å². The average Bonchev–Trinajstić information content (AvgIpc) is 3.03. The van der Waals surface area contributed by atoms with Gasteiger partial charge in [0.05, 0.1) is 31.5 Å². The lowest BCUT2D eigenvalue weighted by atomic mass is 10.1. The Kier molecular flexibility index (Phi) is 6.67. The summed E-state index contributed by atoms with van der Waals surface area (Å²) >= 11 is 5.97. The number of nitrogens with zero attached hydrogens (tertiary/aromatic N) is 3. The van der Waals surface area contributed by atoms with Crippen molar-refractivity contribution < 1.29 is 14.3 Å². The second kappa shape index (κ2) is 9.23. The van der Waals surface area contributed by atoms with Crippen LogP contribution >= 0.6 is 11.6 Å². The molecule has 160 valence electrons. The Morgan fingerprint density at radius 1 is 1.23 bits per heavy atom. The van der Waals surface area contributed by atoms with Crippen LogP contribution in [0.1, 0.15) is 35.0 Å². The van der Waals surface area contributed by atoms with Gasteiger partial charge in [-0.05, 0) is 61.9 Å². The molecular formula is C24H24ClN3O3. The van der Waals surface area contributed by atoms with E-state index in [9.17, 15) is 9.59 Å². The van der Waals surface area contributed by atoms with Crippen molar-refractivity contribution in [3.63, 3.8) is 0 Å². The van der Waals surface area contributed by atoms with E-state index in [1.54, 1.807) is 54.0 Å². The van der Waals surface area contributed by atoms with Crippen molar-refractivity contribution in [3.8, 4) is 11.8 Å². The van der Waals surface area contributed by atoms with Crippen LogP contribution in [0.5, 0.6) is 5.75 Å². The van der Waals surface area contributed by atoms with Gasteiger partial charge in [-0.2, -0.15) is 5.26 Å². The first-order valence-electron chi connectivity index (χ1n) is 9.89. The van der Waals surface area contributed by atoms with Crippen LogP contribution in [0.15, 0.2) is 42.5 Å². The number of hydrogen-bond acceptors (Lipinski definition) is 4. The Labute approximate surface area is 186 Å². The van der Waals surface area contributed by atoms with E-state index >= 15 is 0 Å². The lowest BCUT2D eigenvalue weighted by molar-refractivity contribution is -0.130. The molecule has 1 aromatic heterocycles. The van der Waals surface area contributed by atoms with E-state index in [0.29, 0.717) is 27.5 Å². The van der Waals surface area contributed by atoms with Gasteiger partial charge in [0.1, 0.15) is 5.75 Å². The van der Waals surface area contributed by atoms with Crippen LogP contribution in [-0.4, -0.2) is 41.5 Å². The number of amides is 1. The monoisotopic (exact) mass is 437 g/mol. The first-order valence-corrected chi connectivity index (χ1v) is 10.3. The molecule has 0 saturated heterocycles. The number of carbonyl (C=O) groups excluding carboxylic acids is 2. The number of rotatable bonds is 6. The van der Waals surface area contributed by atoms with Gasteiger partial charge in [-0.1, -0.05) is 11.6 Å². The van der Waals surface area contributed by atoms with Crippen molar-refractivity contribution in [1.29, 1.82) is 5.26 Å². The van der Waals surface area contributed by atoms with Gasteiger partial charge in [0.25, 0.3) is 5.91 Å². The highest BCUT2D eigenvalue weighted by atomic mass is 35.5. The Morgan fingerprint density at radius 3 is 2.52 bits per heavy atom. The van der Waals surface area contributed by atoms with Crippen LogP contribution in [0.25, 0.3) is 10.9 Å².